The molecular formula is C29H44ClN3O. The van der Waals surface area contributed by atoms with Crippen LogP contribution in [0.1, 0.15) is 58.9 Å². The van der Waals surface area contributed by atoms with E-state index in [-0.39, 0.29) is 6.04 Å². The fourth-order valence-electron chi connectivity index (χ4n) is 4.60. The highest BCUT2D eigenvalue weighted by Gasteiger charge is 2.26. The van der Waals surface area contributed by atoms with Crippen LogP contribution in [0.2, 0.25) is 5.02 Å². The molecular weight excluding hydrogens is 442 g/mol. The molecule has 0 saturated carbocycles. The fourth-order valence-corrected chi connectivity index (χ4v) is 4.72. The molecule has 0 spiro atoms. The molecule has 0 radical (unpaired) electrons. The quantitative estimate of drug-likeness (QED) is 0.367. The lowest BCUT2D eigenvalue weighted by molar-refractivity contribution is 0.183. The minimum Gasteiger partial charge on any atom is -0.489 e. The number of hydrogen-bond acceptors (Lipinski definition) is 4. The molecule has 2 aromatic rings. The van der Waals surface area contributed by atoms with Gasteiger partial charge >= 0.3 is 0 Å². The van der Waals surface area contributed by atoms with Gasteiger partial charge in [-0.1, -0.05) is 57.8 Å². The SMILES string of the molecule is CCC(C)[C@H](N)CN1CCC(N(CCC(C)C)c2ccc(OCc3ccc(Cl)cc3)cc2)CC1. The zero-order chi connectivity index (χ0) is 24.5. The van der Waals surface area contributed by atoms with Crippen LogP contribution >= 0.6 is 11.6 Å². The Labute approximate surface area is 212 Å². The Morgan fingerprint density at radius 1 is 1.03 bits per heavy atom. The maximum absolute atomic E-state index is 6.44. The topological polar surface area (TPSA) is 41.7 Å². The molecule has 0 bridgehead atoms. The Morgan fingerprint density at radius 2 is 1.68 bits per heavy atom. The summed E-state index contributed by atoms with van der Waals surface area (Å²) in [5, 5.41) is 0.749. The number of benzene rings is 2. The number of anilines is 1. The van der Waals surface area contributed by atoms with Crippen LogP contribution in [0, 0.1) is 11.8 Å². The predicted molar refractivity (Wildman–Crippen MR) is 146 cm³/mol. The van der Waals surface area contributed by atoms with Gasteiger partial charge in [0, 0.05) is 49.0 Å². The van der Waals surface area contributed by atoms with Crippen LogP contribution in [0.4, 0.5) is 5.69 Å². The zero-order valence-electron chi connectivity index (χ0n) is 21.6. The van der Waals surface area contributed by atoms with Crippen LogP contribution in [-0.4, -0.2) is 43.2 Å². The van der Waals surface area contributed by atoms with Gasteiger partial charge in [0.2, 0.25) is 0 Å². The number of nitrogens with two attached hydrogens (primary N) is 1. The first-order valence-corrected chi connectivity index (χ1v) is 13.4. The van der Waals surface area contributed by atoms with Crippen molar-refractivity contribution in [2.45, 2.75) is 72.1 Å². The van der Waals surface area contributed by atoms with Crippen LogP contribution < -0.4 is 15.4 Å². The van der Waals surface area contributed by atoms with Gasteiger partial charge in [0.1, 0.15) is 12.4 Å². The summed E-state index contributed by atoms with van der Waals surface area (Å²) in [7, 11) is 0. The van der Waals surface area contributed by atoms with Gasteiger partial charge in [-0.3, -0.25) is 0 Å². The van der Waals surface area contributed by atoms with Gasteiger partial charge in [0.15, 0.2) is 0 Å². The van der Waals surface area contributed by atoms with Gasteiger partial charge in [-0.2, -0.15) is 0 Å². The predicted octanol–water partition coefficient (Wildman–Crippen LogP) is 6.61. The average Bonchev–Trinajstić information content (AvgIpc) is 2.84. The summed E-state index contributed by atoms with van der Waals surface area (Å²) >= 11 is 5.98. The van der Waals surface area contributed by atoms with E-state index < -0.39 is 0 Å². The summed E-state index contributed by atoms with van der Waals surface area (Å²) in [4.78, 5) is 5.20. The van der Waals surface area contributed by atoms with E-state index in [0.717, 1.165) is 48.9 Å². The fraction of sp³-hybridized carbons (Fsp3) is 0.586. The van der Waals surface area contributed by atoms with E-state index in [1.807, 2.05) is 24.3 Å². The number of rotatable bonds is 12. The van der Waals surface area contributed by atoms with Crippen LogP contribution in [0.25, 0.3) is 0 Å². The molecule has 1 aliphatic heterocycles. The first kappa shape index (κ1) is 26.8. The van der Waals surface area contributed by atoms with Gasteiger partial charge in [-0.05, 0) is 73.1 Å². The lowest BCUT2D eigenvalue weighted by Gasteiger charge is -2.41. The Morgan fingerprint density at radius 3 is 2.26 bits per heavy atom. The minimum absolute atomic E-state index is 0.277. The molecule has 3 rings (SSSR count). The molecule has 1 saturated heterocycles. The second kappa shape index (κ2) is 13.4. The molecule has 5 heteroatoms. The lowest BCUT2D eigenvalue weighted by Crippen LogP contribution is -2.49. The molecule has 2 aromatic carbocycles. The maximum atomic E-state index is 6.44. The molecule has 1 unspecified atom stereocenters. The standard InChI is InChI=1S/C29H44ClN3O/c1-5-23(4)29(31)20-32-17-15-27(16-18-32)33(19-14-22(2)3)26-10-12-28(13-11-26)34-21-24-6-8-25(30)9-7-24/h6-13,22-23,27,29H,5,14-21,31H2,1-4H3/t23?,29-/m1/s1. The van der Waals surface area contributed by atoms with Gasteiger partial charge in [-0.15, -0.1) is 0 Å². The third-order valence-corrected chi connectivity index (χ3v) is 7.53. The summed E-state index contributed by atoms with van der Waals surface area (Å²) in [6.45, 7) is 14.1. The van der Waals surface area contributed by atoms with E-state index in [0.29, 0.717) is 24.5 Å². The highest BCUT2D eigenvalue weighted by molar-refractivity contribution is 6.30. The number of hydrogen-bond donors (Lipinski definition) is 1. The van der Waals surface area contributed by atoms with Gasteiger partial charge in [0.05, 0.1) is 0 Å². The summed E-state index contributed by atoms with van der Waals surface area (Å²) in [6, 6.07) is 17.3. The van der Waals surface area contributed by atoms with Crippen molar-refractivity contribution in [3.63, 3.8) is 0 Å². The van der Waals surface area contributed by atoms with Crippen LogP contribution in [0.15, 0.2) is 48.5 Å². The van der Waals surface area contributed by atoms with Gasteiger partial charge < -0.3 is 20.3 Å². The molecule has 0 aliphatic carbocycles. The monoisotopic (exact) mass is 485 g/mol. The molecule has 188 valence electrons. The first-order valence-electron chi connectivity index (χ1n) is 13.1. The minimum atomic E-state index is 0.277. The van der Waals surface area contributed by atoms with Crippen molar-refractivity contribution in [1.82, 2.24) is 4.90 Å². The third kappa shape index (κ3) is 8.18. The van der Waals surface area contributed by atoms with Crippen molar-refractivity contribution >= 4 is 17.3 Å². The Hall–Kier alpha value is -1.75. The Bertz CT molecular complexity index is 831. The first-order chi connectivity index (χ1) is 16.4. The summed E-state index contributed by atoms with van der Waals surface area (Å²) in [6.07, 6.45) is 4.74. The van der Waals surface area contributed by atoms with Crippen molar-refractivity contribution in [1.29, 1.82) is 0 Å². The van der Waals surface area contributed by atoms with E-state index >= 15 is 0 Å². The smallest absolute Gasteiger partial charge is 0.119 e. The second-order valence-electron chi connectivity index (χ2n) is 10.4. The van der Waals surface area contributed by atoms with Crippen LogP contribution in [0.5, 0.6) is 5.75 Å². The number of ether oxygens (including phenoxy) is 1. The Balaban J connectivity index is 1.59. The van der Waals surface area contributed by atoms with Gasteiger partial charge in [0.25, 0.3) is 0 Å². The number of nitrogens with zero attached hydrogens (tertiary/aromatic N) is 2. The molecule has 4 nitrogen and oxygen atoms in total. The van der Waals surface area contributed by atoms with Crippen molar-refractivity contribution < 1.29 is 4.74 Å². The molecule has 2 N–H and O–H groups in total. The van der Waals surface area contributed by atoms with E-state index in [4.69, 9.17) is 22.1 Å². The molecule has 1 aliphatic rings. The van der Waals surface area contributed by atoms with Crippen molar-refractivity contribution in [3.8, 4) is 5.75 Å². The lowest BCUT2D eigenvalue weighted by atomic mass is 9.97. The molecule has 34 heavy (non-hydrogen) atoms. The molecule has 2 atom stereocenters. The molecule has 1 fully saturated rings. The zero-order valence-corrected chi connectivity index (χ0v) is 22.3. The highest BCUT2D eigenvalue weighted by atomic mass is 35.5. The van der Waals surface area contributed by atoms with E-state index in [2.05, 4.69) is 61.8 Å². The third-order valence-electron chi connectivity index (χ3n) is 7.28. The molecule has 0 aromatic heterocycles. The number of piperidine rings is 1. The average molecular weight is 486 g/mol. The van der Waals surface area contributed by atoms with Gasteiger partial charge in [-0.25, -0.2) is 0 Å². The maximum Gasteiger partial charge on any atom is 0.119 e. The summed E-state index contributed by atoms with van der Waals surface area (Å²) in [5.41, 5.74) is 8.86. The normalized spacial score (nSPS) is 17.0. The molecule has 1 heterocycles. The summed E-state index contributed by atoms with van der Waals surface area (Å²) in [5.74, 6) is 2.18. The largest absolute Gasteiger partial charge is 0.489 e. The summed E-state index contributed by atoms with van der Waals surface area (Å²) < 4.78 is 6.01. The molecule has 0 amide bonds. The number of likely N-dealkylation sites (tertiary alicyclic amines) is 1. The van der Waals surface area contributed by atoms with E-state index in [1.54, 1.807) is 0 Å². The number of halogens is 1. The van der Waals surface area contributed by atoms with E-state index in [9.17, 15) is 0 Å². The van der Waals surface area contributed by atoms with Crippen molar-refractivity contribution in [2.75, 3.05) is 31.1 Å². The van der Waals surface area contributed by atoms with Crippen molar-refractivity contribution in [2.24, 2.45) is 17.6 Å². The van der Waals surface area contributed by atoms with Crippen LogP contribution in [0.3, 0.4) is 0 Å². The van der Waals surface area contributed by atoms with E-state index in [1.165, 1.54) is 24.9 Å². The highest BCUT2D eigenvalue weighted by Crippen LogP contribution is 2.27. The van der Waals surface area contributed by atoms with Crippen LogP contribution in [-0.2, 0) is 6.61 Å². The van der Waals surface area contributed by atoms with Crippen molar-refractivity contribution in [3.05, 3.63) is 59.1 Å². The Kier molecular flexibility index (Phi) is 10.6. The second-order valence-corrected chi connectivity index (χ2v) is 10.8.